The van der Waals surface area contributed by atoms with Gasteiger partial charge in [-0.3, -0.25) is 4.90 Å². The molecule has 1 aliphatic rings. The minimum Gasteiger partial charge on any atom is -0.485 e. The summed E-state index contributed by atoms with van der Waals surface area (Å²) in [6.07, 6.45) is 3.87. The fourth-order valence-electron chi connectivity index (χ4n) is 3.18. The Hall–Kier alpha value is -1.88. The zero-order valence-corrected chi connectivity index (χ0v) is 15.1. The van der Waals surface area contributed by atoms with Gasteiger partial charge in [-0.2, -0.15) is 4.98 Å². The van der Waals surface area contributed by atoms with Gasteiger partial charge in [0.25, 0.3) is 0 Å². The van der Waals surface area contributed by atoms with Crippen LogP contribution in [0.15, 0.2) is 22.7 Å². The first-order valence-electron chi connectivity index (χ1n) is 8.79. The zero-order valence-electron chi connectivity index (χ0n) is 15.1. The summed E-state index contributed by atoms with van der Waals surface area (Å²) in [5.74, 6) is 2.12. The summed E-state index contributed by atoms with van der Waals surface area (Å²) in [5, 5.41) is 4.05. The van der Waals surface area contributed by atoms with E-state index in [1.165, 1.54) is 30.4 Å². The molecule has 3 rings (SSSR count). The lowest BCUT2D eigenvalue weighted by Gasteiger charge is -2.39. The molecular weight excluding hydrogens is 302 g/mol. The van der Waals surface area contributed by atoms with Gasteiger partial charge in [0.1, 0.15) is 5.75 Å². The molecule has 0 N–H and O–H groups in total. The zero-order chi connectivity index (χ0) is 17.1. The van der Waals surface area contributed by atoms with E-state index in [1.807, 2.05) is 12.1 Å². The van der Waals surface area contributed by atoms with Gasteiger partial charge in [0.15, 0.2) is 6.61 Å². The number of ether oxygens (including phenoxy) is 1. The second-order valence-electron chi connectivity index (χ2n) is 7.07. The lowest BCUT2D eigenvalue weighted by Crippen LogP contribution is -2.43. The summed E-state index contributed by atoms with van der Waals surface area (Å²) in [5.41, 5.74) is 2.37. The van der Waals surface area contributed by atoms with Crippen molar-refractivity contribution in [3.63, 3.8) is 0 Å². The molecule has 2 aromatic rings. The van der Waals surface area contributed by atoms with Crippen LogP contribution in [0.1, 0.15) is 56.0 Å². The molecule has 1 heterocycles. The summed E-state index contributed by atoms with van der Waals surface area (Å²) in [4.78, 5) is 6.94. The van der Waals surface area contributed by atoms with Crippen molar-refractivity contribution in [2.75, 3.05) is 0 Å². The number of aromatic nitrogens is 2. The molecule has 0 spiro atoms. The van der Waals surface area contributed by atoms with Gasteiger partial charge in [-0.05, 0) is 63.8 Å². The highest BCUT2D eigenvalue weighted by atomic mass is 16.5. The Labute approximate surface area is 144 Å². The van der Waals surface area contributed by atoms with Gasteiger partial charge >= 0.3 is 0 Å². The van der Waals surface area contributed by atoms with Crippen LogP contribution in [0.4, 0.5) is 0 Å². The first-order valence-corrected chi connectivity index (χ1v) is 8.79. The van der Waals surface area contributed by atoms with E-state index in [9.17, 15) is 0 Å². The Morgan fingerprint density at radius 1 is 1.21 bits per heavy atom. The van der Waals surface area contributed by atoms with Crippen LogP contribution < -0.4 is 4.74 Å². The lowest BCUT2D eigenvalue weighted by molar-refractivity contribution is 0.0747. The van der Waals surface area contributed by atoms with Crippen LogP contribution in [0, 0.1) is 13.8 Å². The van der Waals surface area contributed by atoms with Crippen molar-refractivity contribution in [3.05, 3.63) is 41.0 Å². The van der Waals surface area contributed by atoms with Gasteiger partial charge < -0.3 is 9.26 Å². The second kappa shape index (κ2) is 7.34. The predicted octanol–water partition coefficient (Wildman–Crippen LogP) is 4.03. The molecule has 0 bridgehead atoms. The maximum absolute atomic E-state index is 5.80. The number of hydrogen-bond donors (Lipinski definition) is 0. The topological polar surface area (TPSA) is 51.4 Å². The highest BCUT2D eigenvalue weighted by Crippen LogP contribution is 2.27. The predicted molar refractivity (Wildman–Crippen MR) is 92.9 cm³/mol. The molecule has 1 aromatic carbocycles. The first-order chi connectivity index (χ1) is 11.5. The normalized spacial score (nSPS) is 15.1. The average Bonchev–Trinajstić information content (AvgIpc) is 2.89. The minimum atomic E-state index is 0.331. The molecule has 0 atom stereocenters. The number of hydrogen-bond acceptors (Lipinski definition) is 5. The van der Waals surface area contributed by atoms with Gasteiger partial charge in [-0.15, -0.1) is 0 Å². The highest BCUT2D eigenvalue weighted by molar-refractivity contribution is 5.33. The van der Waals surface area contributed by atoms with Crippen molar-refractivity contribution < 1.29 is 9.26 Å². The molecule has 1 aromatic heterocycles. The highest BCUT2D eigenvalue weighted by Gasteiger charge is 2.28. The number of nitrogens with zero attached hydrogens (tertiary/aromatic N) is 3. The number of aryl methyl sites for hydroxylation is 2. The van der Waals surface area contributed by atoms with Crippen molar-refractivity contribution in [2.24, 2.45) is 0 Å². The van der Waals surface area contributed by atoms with Gasteiger partial charge in [-0.1, -0.05) is 17.6 Å². The van der Waals surface area contributed by atoms with E-state index in [1.54, 1.807) is 0 Å². The van der Waals surface area contributed by atoms with E-state index in [4.69, 9.17) is 9.26 Å². The Morgan fingerprint density at radius 3 is 2.50 bits per heavy atom. The van der Waals surface area contributed by atoms with E-state index < -0.39 is 0 Å². The average molecular weight is 329 g/mol. The number of rotatable bonds is 7. The molecule has 0 radical (unpaired) electrons. The number of benzene rings is 1. The summed E-state index contributed by atoms with van der Waals surface area (Å²) in [7, 11) is 0. The molecule has 1 aliphatic carbocycles. The van der Waals surface area contributed by atoms with Crippen LogP contribution in [0.25, 0.3) is 0 Å². The van der Waals surface area contributed by atoms with Crippen molar-refractivity contribution in [1.29, 1.82) is 0 Å². The van der Waals surface area contributed by atoms with E-state index in [2.05, 4.69) is 48.8 Å². The van der Waals surface area contributed by atoms with E-state index in [0.717, 1.165) is 12.3 Å². The monoisotopic (exact) mass is 329 g/mol. The van der Waals surface area contributed by atoms with Crippen LogP contribution in [-0.2, 0) is 13.2 Å². The molecule has 1 fully saturated rings. The van der Waals surface area contributed by atoms with Gasteiger partial charge in [0, 0.05) is 12.1 Å². The Morgan fingerprint density at radius 2 is 1.92 bits per heavy atom. The molecule has 0 amide bonds. The third-order valence-corrected chi connectivity index (χ3v) is 4.60. The van der Waals surface area contributed by atoms with Crippen LogP contribution in [0.2, 0.25) is 0 Å². The second-order valence-corrected chi connectivity index (χ2v) is 7.07. The van der Waals surface area contributed by atoms with Crippen LogP contribution >= 0.6 is 0 Å². The minimum absolute atomic E-state index is 0.331. The van der Waals surface area contributed by atoms with Gasteiger partial charge in [0.2, 0.25) is 11.7 Å². The first kappa shape index (κ1) is 17.0. The van der Waals surface area contributed by atoms with Crippen LogP contribution in [-0.4, -0.2) is 27.1 Å². The van der Waals surface area contributed by atoms with Crippen molar-refractivity contribution in [2.45, 2.75) is 72.2 Å². The summed E-state index contributed by atoms with van der Waals surface area (Å²) in [6.45, 7) is 9.62. The smallest absolute Gasteiger partial charge is 0.240 e. The molecule has 130 valence electrons. The Kier molecular flexibility index (Phi) is 5.19. The largest absolute Gasteiger partial charge is 0.485 e. The quantitative estimate of drug-likeness (QED) is 0.767. The van der Waals surface area contributed by atoms with Crippen LogP contribution in [0.3, 0.4) is 0 Å². The fourth-order valence-corrected chi connectivity index (χ4v) is 3.18. The van der Waals surface area contributed by atoms with Gasteiger partial charge in [-0.25, -0.2) is 0 Å². The van der Waals surface area contributed by atoms with Crippen molar-refractivity contribution in [3.8, 4) is 5.75 Å². The molecule has 5 nitrogen and oxygen atoms in total. The third-order valence-electron chi connectivity index (χ3n) is 4.60. The molecule has 1 saturated carbocycles. The standard InChI is InChI=1S/C19H27N3O2/c1-13(2)22(16-6-5-7-16)11-19-20-18(21-24-19)12-23-17-9-14(3)8-15(4)10-17/h8-10,13,16H,5-7,11-12H2,1-4H3. The van der Waals surface area contributed by atoms with Gasteiger partial charge in [0.05, 0.1) is 6.54 Å². The summed E-state index contributed by atoms with van der Waals surface area (Å²) in [6, 6.07) is 7.31. The van der Waals surface area contributed by atoms with Crippen molar-refractivity contribution in [1.82, 2.24) is 15.0 Å². The van der Waals surface area contributed by atoms with E-state index in [-0.39, 0.29) is 0 Å². The van der Waals surface area contributed by atoms with E-state index in [0.29, 0.717) is 30.4 Å². The maximum atomic E-state index is 5.80. The maximum Gasteiger partial charge on any atom is 0.240 e. The lowest BCUT2D eigenvalue weighted by atomic mass is 9.90. The van der Waals surface area contributed by atoms with Crippen LogP contribution in [0.5, 0.6) is 5.75 Å². The van der Waals surface area contributed by atoms with Crippen molar-refractivity contribution >= 4 is 0 Å². The van der Waals surface area contributed by atoms with E-state index >= 15 is 0 Å². The molecule has 0 saturated heterocycles. The molecule has 24 heavy (non-hydrogen) atoms. The molecule has 5 heteroatoms. The molecule has 0 aliphatic heterocycles. The molecular formula is C19H27N3O2. The Bertz CT molecular complexity index is 657. The summed E-state index contributed by atoms with van der Waals surface area (Å²) >= 11 is 0. The fraction of sp³-hybridized carbons (Fsp3) is 0.579. The Balaban J connectivity index is 1.58. The molecule has 0 unspecified atom stereocenters. The summed E-state index contributed by atoms with van der Waals surface area (Å²) < 4.78 is 11.2. The third kappa shape index (κ3) is 4.15. The SMILES string of the molecule is Cc1cc(C)cc(OCc2noc(CN(C(C)C)C3CCC3)n2)c1.